The quantitative estimate of drug-likeness (QED) is 0.423. The molecule has 0 saturated carbocycles. The molecule has 0 unspecified atom stereocenters. The van der Waals surface area contributed by atoms with Gasteiger partial charge in [0.05, 0.1) is 14.2 Å². The van der Waals surface area contributed by atoms with Gasteiger partial charge in [0.15, 0.2) is 13.2 Å². The number of carbonyl (C=O) groups is 2. The fraction of sp³-hybridized carbons (Fsp3) is 0.304. The molecular formula is C23H24O6. The molecule has 0 N–H and O–H groups in total. The third-order valence-corrected chi connectivity index (χ3v) is 4.68. The summed E-state index contributed by atoms with van der Waals surface area (Å²) in [7, 11) is 2.65. The van der Waals surface area contributed by atoms with Crippen molar-refractivity contribution in [3.63, 3.8) is 0 Å². The van der Waals surface area contributed by atoms with Gasteiger partial charge in [-0.3, -0.25) is 0 Å². The highest BCUT2D eigenvalue weighted by atomic mass is 16.6. The molecule has 0 aliphatic carbocycles. The Morgan fingerprint density at radius 3 is 1.90 bits per heavy atom. The number of hydrogen-bond acceptors (Lipinski definition) is 6. The molecule has 0 radical (unpaired) electrons. The van der Waals surface area contributed by atoms with Crippen molar-refractivity contribution in [1.82, 2.24) is 0 Å². The summed E-state index contributed by atoms with van der Waals surface area (Å²) in [5.74, 6) is 0.277. The Kier molecular flexibility index (Phi) is 6.54. The minimum absolute atomic E-state index is 0.196. The summed E-state index contributed by atoms with van der Waals surface area (Å²) < 4.78 is 21.3. The van der Waals surface area contributed by atoms with Crippen molar-refractivity contribution in [1.29, 1.82) is 0 Å². The van der Waals surface area contributed by atoms with Crippen LogP contribution < -0.4 is 9.47 Å². The topological polar surface area (TPSA) is 71.1 Å². The Balaban J connectivity index is 2.28. The Hall–Kier alpha value is -3.28. The van der Waals surface area contributed by atoms with E-state index in [2.05, 4.69) is 6.92 Å². The second kappa shape index (κ2) is 9.28. The summed E-state index contributed by atoms with van der Waals surface area (Å²) in [4.78, 5) is 23.4. The molecule has 3 aromatic rings. The molecular weight excluding hydrogens is 372 g/mol. The van der Waals surface area contributed by atoms with E-state index in [1.807, 2.05) is 42.5 Å². The Labute approximate surface area is 169 Å². The summed E-state index contributed by atoms with van der Waals surface area (Å²) in [6, 6.07) is 13.5. The van der Waals surface area contributed by atoms with Gasteiger partial charge in [-0.25, -0.2) is 9.59 Å². The maximum absolute atomic E-state index is 11.7. The number of methoxy groups -OCH3 is 2. The Bertz CT molecular complexity index is 1040. The number of hydrogen-bond donors (Lipinski definition) is 0. The summed E-state index contributed by atoms with van der Waals surface area (Å²) >= 11 is 0. The lowest BCUT2D eigenvalue weighted by molar-refractivity contribution is -0.143. The van der Waals surface area contributed by atoms with Crippen molar-refractivity contribution in [2.45, 2.75) is 19.8 Å². The SMILES string of the molecule is CCCc1cccc2c(OCC(=O)OC)c3ccccc3c(OCC(=O)OC)c12. The molecule has 3 aromatic carbocycles. The average Bonchev–Trinajstić information content (AvgIpc) is 2.75. The molecule has 0 aliphatic heterocycles. The highest BCUT2D eigenvalue weighted by Crippen LogP contribution is 2.44. The minimum atomic E-state index is -0.460. The summed E-state index contributed by atoms with van der Waals surface area (Å²) in [5.41, 5.74) is 1.08. The molecule has 0 aliphatic rings. The molecule has 3 rings (SSSR count). The van der Waals surface area contributed by atoms with Crippen LogP contribution in [0.5, 0.6) is 11.5 Å². The Morgan fingerprint density at radius 2 is 1.31 bits per heavy atom. The van der Waals surface area contributed by atoms with Crippen molar-refractivity contribution in [3.05, 3.63) is 48.0 Å². The number of carbonyl (C=O) groups excluding carboxylic acids is 2. The third kappa shape index (κ3) is 4.26. The summed E-state index contributed by atoms with van der Waals surface area (Å²) in [6.07, 6.45) is 1.78. The largest absolute Gasteiger partial charge is 0.481 e. The van der Waals surface area contributed by atoms with Gasteiger partial charge in [-0.1, -0.05) is 55.8 Å². The van der Waals surface area contributed by atoms with Gasteiger partial charge < -0.3 is 18.9 Å². The monoisotopic (exact) mass is 396 g/mol. The molecule has 0 atom stereocenters. The van der Waals surface area contributed by atoms with E-state index in [4.69, 9.17) is 18.9 Å². The molecule has 0 spiro atoms. The summed E-state index contributed by atoms with van der Waals surface area (Å²) in [6.45, 7) is 1.71. The first kappa shape index (κ1) is 20.5. The van der Waals surface area contributed by atoms with Crippen molar-refractivity contribution in [3.8, 4) is 11.5 Å². The molecule has 0 fully saturated rings. The van der Waals surface area contributed by atoms with Crippen molar-refractivity contribution in [2.24, 2.45) is 0 Å². The van der Waals surface area contributed by atoms with Gasteiger partial charge in [0, 0.05) is 21.5 Å². The van der Waals surface area contributed by atoms with E-state index in [0.717, 1.165) is 39.9 Å². The lowest BCUT2D eigenvalue weighted by Crippen LogP contribution is -2.14. The lowest BCUT2D eigenvalue weighted by atomic mass is 9.95. The molecule has 6 nitrogen and oxygen atoms in total. The first-order valence-electron chi connectivity index (χ1n) is 9.46. The smallest absolute Gasteiger partial charge is 0.343 e. The van der Waals surface area contributed by atoms with Gasteiger partial charge in [0.1, 0.15) is 11.5 Å². The van der Waals surface area contributed by atoms with Gasteiger partial charge in [-0.15, -0.1) is 0 Å². The van der Waals surface area contributed by atoms with Crippen LogP contribution in [-0.4, -0.2) is 39.4 Å². The molecule has 0 bridgehead atoms. The molecule has 0 heterocycles. The van der Waals surface area contributed by atoms with Gasteiger partial charge >= 0.3 is 11.9 Å². The van der Waals surface area contributed by atoms with Gasteiger partial charge in [-0.05, 0) is 12.0 Å². The van der Waals surface area contributed by atoms with Crippen LogP contribution in [0.15, 0.2) is 42.5 Å². The number of ether oxygens (including phenoxy) is 4. The van der Waals surface area contributed by atoms with E-state index in [0.29, 0.717) is 11.5 Å². The first-order chi connectivity index (χ1) is 14.1. The number of esters is 2. The van der Waals surface area contributed by atoms with Crippen molar-refractivity contribution < 1.29 is 28.5 Å². The maximum Gasteiger partial charge on any atom is 0.343 e. The number of aryl methyl sites for hydroxylation is 1. The highest BCUT2D eigenvalue weighted by molar-refractivity contribution is 6.12. The maximum atomic E-state index is 11.7. The van der Waals surface area contributed by atoms with Crippen LogP contribution in [-0.2, 0) is 25.5 Å². The van der Waals surface area contributed by atoms with Crippen LogP contribution in [0, 0.1) is 0 Å². The van der Waals surface area contributed by atoms with Crippen molar-refractivity contribution >= 4 is 33.5 Å². The van der Waals surface area contributed by atoms with E-state index < -0.39 is 11.9 Å². The zero-order valence-corrected chi connectivity index (χ0v) is 16.8. The van der Waals surface area contributed by atoms with Crippen molar-refractivity contribution in [2.75, 3.05) is 27.4 Å². The van der Waals surface area contributed by atoms with E-state index in [9.17, 15) is 9.59 Å². The Morgan fingerprint density at radius 1 is 0.759 bits per heavy atom. The molecule has 0 aromatic heterocycles. The summed E-state index contributed by atoms with van der Waals surface area (Å²) in [5, 5.41) is 3.28. The van der Waals surface area contributed by atoms with E-state index >= 15 is 0 Å². The van der Waals surface area contributed by atoms with Crippen LogP contribution in [0.3, 0.4) is 0 Å². The number of rotatable bonds is 8. The van der Waals surface area contributed by atoms with Crippen LogP contribution in [0.25, 0.3) is 21.5 Å². The molecule has 0 saturated heterocycles. The third-order valence-electron chi connectivity index (χ3n) is 4.68. The predicted octanol–water partition coefficient (Wildman–Crippen LogP) is 4.05. The second-order valence-electron chi connectivity index (χ2n) is 6.52. The van der Waals surface area contributed by atoms with Crippen LogP contribution in [0.4, 0.5) is 0 Å². The van der Waals surface area contributed by atoms with Crippen LogP contribution in [0.1, 0.15) is 18.9 Å². The van der Waals surface area contributed by atoms with Gasteiger partial charge in [0.25, 0.3) is 0 Å². The molecule has 29 heavy (non-hydrogen) atoms. The molecule has 0 amide bonds. The first-order valence-corrected chi connectivity index (χ1v) is 9.46. The van der Waals surface area contributed by atoms with E-state index in [-0.39, 0.29) is 13.2 Å². The van der Waals surface area contributed by atoms with E-state index in [1.165, 1.54) is 14.2 Å². The zero-order chi connectivity index (χ0) is 20.8. The standard InChI is InChI=1S/C23H24O6/c1-4-8-15-9-7-12-18-21(15)23(29-14-20(25)27-3)17-11-6-5-10-16(17)22(18)28-13-19(24)26-2/h5-7,9-12H,4,8,13-14H2,1-3H3. The molecule has 152 valence electrons. The number of fused-ring (bicyclic) bond motifs is 2. The zero-order valence-electron chi connectivity index (χ0n) is 16.8. The lowest BCUT2D eigenvalue weighted by Gasteiger charge is -2.19. The average molecular weight is 396 g/mol. The van der Waals surface area contributed by atoms with Gasteiger partial charge in [-0.2, -0.15) is 0 Å². The second-order valence-corrected chi connectivity index (χ2v) is 6.52. The van der Waals surface area contributed by atoms with Crippen LogP contribution in [0.2, 0.25) is 0 Å². The van der Waals surface area contributed by atoms with Crippen LogP contribution >= 0.6 is 0 Å². The fourth-order valence-corrected chi connectivity index (χ4v) is 3.38. The van der Waals surface area contributed by atoms with Gasteiger partial charge in [0.2, 0.25) is 0 Å². The fourth-order valence-electron chi connectivity index (χ4n) is 3.38. The predicted molar refractivity (Wildman–Crippen MR) is 110 cm³/mol. The normalized spacial score (nSPS) is 10.7. The van der Waals surface area contributed by atoms with E-state index in [1.54, 1.807) is 0 Å². The minimum Gasteiger partial charge on any atom is -0.481 e. The molecule has 6 heteroatoms. The highest BCUT2D eigenvalue weighted by Gasteiger charge is 2.20. The number of benzene rings is 3.